The third-order valence-corrected chi connectivity index (χ3v) is 3.18. The van der Waals surface area contributed by atoms with Crippen LogP contribution in [0.4, 0.5) is 4.39 Å². The molecule has 3 rings (SSSR count). The van der Waals surface area contributed by atoms with Crippen molar-refractivity contribution in [2.75, 3.05) is 0 Å². The molecule has 0 radical (unpaired) electrons. The maximum Gasteiger partial charge on any atom is 0.134 e. The second kappa shape index (κ2) is 5.97. The second-order valence-electron chi connectivity index (χ2n) is 4.89. The molecule has 0 spiro atoms. The molecule has 4 heteroatoms. The van der Waals surface area contributed by atoms with Gasteiger partial charge >= 0.3 is 0 Å². The third-order valence-electron chi connectivity index (χ3n) is 3.18. The summed E-state index contributed by atoms with van der Waals surface area (Å²) in [4.78, 5) is 0. The quantitative estimate of drug-likeness (QED) is 0.760. The summed E-state index contributed by atoms with van der Waals surface area (Å²) in [5.74, 6) is 3.13. The van der Waals surface area contributed by atoms with Gasteiger partial charge in [-0.25, -0.2) is 4.39 Å². The molecule has 0 saturated heterocycles. The summed E-state index contributed by atoms with van der Waals surface area (Å²) >= 11 is 0. The Bertz CT molecular complexity index is 712. The molecule has 0 bridgehead atoms. The SMILES string of the molecule is Cc1ccc(CNCc2ccc(-c3ccc(F)cc3)o2)o1. The van der Waals surface area contributed by atoms with E-state index in [1.54, 1.807) is 12.1 Å². The number of halogens is 1. The first-order chi connectivity index (χ1) is 10.2. The van der Waals surface area contributed by atoms with Crippen LogP contribution in [0.5, 0.6) is 0 Å². The average Bonchev–Trinajstić information content (AvgIpc) is 3.09. The first-order valence-electron chi connectivity index (χ1n) is 6.81. The van der Waals surface area contributed by atoms with Gasteiger partial charge in [-0.05, 0) is 55.5 Å². The van der Waals surface area contributed by atoms with Gasteiger partial charge < -0.3 is 14.2 Å². The normalized spacial score (nSPS) is 11.0. The summed E-state index contributed by atoms with van der Waals surface area (Å²) in [6.07, 6.45) is 0. The number of furan rings is 2. The molecule has 108 valence electrons. The number of aryl methyl sites for hydroxylation is 1. The number of nitrogens with one attached hydrogen (secondary N) is 1. The standard InChI is InChI=1S/C17H16FNO2/c1-12-2-7-15(20-12)10-19-11-16-8-9-17(21-16)13-3-5-14(18)6-4-13/h2-9,19H,10-11H2,1H3. The predicted octanol–water partition coefficient (Wildman–Crippen LogP) is 4.28. The highest BCUT2D eigenvalue weighted by Gasteiger charge is 2.05. The lowest BCUT2D eigenvalue weighted by Crippen LogP contribution is -2.11. The molecule has 21 heavy (non-hydrogen) atoms. The van der Waals surface area contributed by atoms with Crippen molar-refractivity contribution in [2.24, 2.45) is 0 Å². The van der Waals surface area contributed by atoms with Crippen LogP contribution in [-0.4, -0.2) is 0 Å². The van der Waals surface area contributed by atoms with Gasteiger partial charge in [0.25, 0.3) is 0 Å². The van der Waals surface area contributed by atoms with Crippen LogP contribution in [0.15, 0.2) is 57.4 Å². The molecule has 0 aliphatic carbocycles. The molecule has 3 nitrogen and oxygen atoms in total. The molecule has 0 saturated carbocycles. The third kappa shape index (κ3) is 3.41. The number of rotatable bonds is 5. The van der Waals surface area contributed by atoms with E-state index >= 15 is 0 Å². The van der Waals surface area contributed by atoms with Crippen LogP contribution >= 0.6 is 0 Å². The van der Waals surface area contributed by atoms with Gasteiger partial charge in [0.2, 0.25) is 0 Å². The Morgan fingerprint density at radius 2 is 1.52 bits per heavy atom. The summed E-state index contributed by atoms with van der Waals surface area (Å²) in [5, 5.41) is 3.26. The van der Waals surface area contributed by atoms with Crippen LogP contribution in [0, 0.1) is 12.7 Å². The van der Waals surface area contributed by atoms with Gasteiger partial charge in [-0.15, -0.1) is 0 Å². The fraction of sp³-hybridized carbons (Fsp3) is 0.176. The van der Waals surface area contributed by atoms with Gasteiger partial charge in [0.1, 0.15) is 28.9 Å². The van der Waals surface area contributed by atoms with Gasteiger partial charge in [-0.3, -0.25) is 0 Å². The van der Waals surface area contributed by atoms with Crippen LogP contribution in [0.1, 0.15) is 17.3 Å². The Kier molecular flexibility index (Phi) is 3.88. The average molecular weight is 285 g/mol. The molecule has 2 heterocycles. The molecule has 0 unspecified atom stereocenters. The highest BCUT2D eigenvalue weighted by molar-refractivity contribution is 5.57. The maximum atomic E-state index is 12.9. The molecule has 0 amide bonds. The van der Waals surface area contributed by atoms with E-state index in [9.17, 15) is 4.39 Å². The number of benzene rings is 1. The van der Waals surface area contributed by atoms with E-state index in [2.05, 4.69) is 5.32 Å². The Labute approximate surface area is 122 Å². The van der Waals surface area contributed by atoms with Crippen LogP contribution in [0.2, 0.25) is 0 Å². The van der Waals surface area contributed by atoms with E-state index in [0.29, 0.717) is 13.1 Å². The molecular weight excluding hydrogens is 269 g/mol. The lowest BCUT2D eigenvalue weighted by Gasteiger charge is -2.00. The Balaban J connectivity index is 1.59. The fourth-order valence-corrected chi connectivity index (χ4v) is 2.13. The number of hydrogen-bond acceptors (Lipinski definition) is 3. The van der Waals surface area contributed by atoms with Crippen molar-refractivity contribution in [1.29, 1.82) is 0 Å². The molecule has 0 atom stereocenters. The van der Waals surface area contributed by atoms with Crippen molar-refractivity contribution in [3.05, 3.63) is 71.6 Å². The zero-order valence-corrected chi connectivity index (χ0v) is 11.7. The van der Waals surface area contributed by atoms with Gasteiger partial charge in [-0.2, -0.15) is 0 Å². The van der Waals surface area contributed by atoms with Gasteiger partial charge in [-0.1, -0.05) is 0 Å². The Morgan fingerprint density at radius 3 is 2.19 bits per heavy atom. The fourth-order valence-electron chi connectivity index (χ4n) is 2.13. The highest BCUT2D eigenvalue weighted by Crippen LogP contribution is 2.22. The topological polar surface area (TPSA) is 38.3 Å². The minimum absolute atomic E-state index is 0.249. The van der Waals surface area contributed by atoms with E-state index in [1.807, 2.05) is 31.2 Å². The monoisotopic (exact) mass is 285 g/mol. The molecule has 3 aromatic rings. The minimum atomic E-state index is -0.249. The lowest BCUT2D eigenvalue weighted by molar-refractivity contribution is 0.443. The predicted molar refractivity (Wildman–Crippen MR) is 78.1 cm³/mol. The first-order valence-corrected chi connectivity index (χ1v) is 6.81. The van der Waals surface area contributed by atoms with Crippen molar-refractivity contribution < 1.29 is 13.2 Å². The van der Waals surface area contributed by atoms with Crippen molar-refractivity contribution in [2.45, 2.75) is 20.0 Å². The summed E-state index contributed by atoms with van der Waals surface area (Å²) < 4.78 is 24.1. The first kappa shape index (κ1) is 13.6. The van der Waals surface area contributed by atoms with Crippen LogP contribution in [0.25, 0.3) is 11.3 Å². The van der Waals surface area contributed by atoms with Crippen molar-refractivity contribution in [3.8, 4) is 11.3 Å². The van der Waals surface area contributed by atoms with Crippen LogP contribution in [0.3, 0.4) is 0 Å². The molecule has 0 aliphatic rings. The summed E-state index contributed by atoms with van der Waals surface area (Å²) in [6, 6.07) is 14.0. The van der Waals surface area contributed by atoms with E-state index in [4.69, 9.17) is 8.83 Å². The van der Waals surface area contributed by atoms with Crippen molar-refractivity contribution in [1.82, 2.24) is 5.32 Å². The molecular formula is C17H16FNO2. The van der Waals surface area contributed by atoms with E-state index in [0.717, 1.165) is 28.6 Å². The minimum Gasteiger partial charge on any atom is -0.465 e. The van der Waals surface area contributed by atoms with Gasteiger partial charge in [0.05, 0.1) is 13.1 Å². The van der Waals surface area contributed by atoms with Gasteiger partial charge in [0.15, 0.2) is 0 Å². The zero-order chi connectivity index (χ0) is 14.7. The Morgan fingerprint density at radius 1 is 0.857 bits per heavy atom. The molecule has 1 aromatic carbocycles. The molecule has 2 aromatic heterocycles. The summed E-state index contributed by atoms with van der Waals surface area (Å²) in [6.45, 7) is 3.19. The van der Waals surface area contributed by atoms with Crippen molar-refractivity contribution >= 4 is 0 Å². The molecule has 0 aliphatic heterocycles. The Hall–Kier alpha value is -2.33. The lowest BCUT2D eigenvalue weighted by atomic mass is 10.2. The maximum absolute atomic E-state index is 12.9. The van der Waals surface area contributed by atoms with Crippen LogP contribution in [-0.2, 0) is 13.1 Å². The molecule has 0 fully saturated rings. The highest BCUT2D eigenvalue weighted by atomic mass is 19.1. The summed E-state index contributed by atoms with van der Waals surface area (Å²) in [7, 11) is 0. The molecule has 1 N–H and O–H groups in total. The zero-order valence-electron chi connectivity index (χ0n) is 11.7. The van der Waals surface area contributed by atoms with Crippen LogP contribution < -0.4 is 5.32 Å². The van der Waals surface area contributed by atoms with Crippen molar-refractivity contribution in [3.63, 3.8) is 0 Å². The van der Waals surface area contributed by atoms with E-state index in [1.165, 1.54) is 12.1 Å². The summed E-state index contributed by atoms with van der Waals surface area (Å²) in [5.41, 5.74) is 0.865. The smallest absolute Gasteiger partial charge is 0.134 e. The van der Waals surface area contributed by atoms with Gasteiger partial charge in [0, 0.05) is 5.56 Å². The number of hydrogen-bond donors (Lipinski definition) is 1. The van der Waals surface area contributed by atoms with E-state index < -0.39 is 0 Å². The largest absolute Gasteiger partial charge is 0.465 e. The second-order valence-corrected chi connectivity index (χ2v) is 4.89. The van der Waals surface area contributed by atoms with E-state index in [-0.39, 0.29) is 5.82 Å².